The maximum Gasteiger partial charge on any atom is 0.128 e. The van der Waals surface area contributed by atoms with Gasteiger partial charge >= 0.3 is 0 Å². The van der Waals surface area contributed by atoms with Crippen LogP contribution in [0.2, 0.25) is 0 Å². The van der Waals surface area contributed by atoms with E-state index in [1.807, 2.05) is 12.1 Å². The summed E-state index contributed by atoms with van der Waals surface area (Å²) >= 11 is 0. The monoisotopic (exact) mass is 381 g/mol. The van der Waals surface area contributed by atoms with Crippen molar-refractivity contribution in [2.45, 2.75) is 44.3 Å². The SMILES string of the molecule is CN1CCN(Cc2cccc(CNC3(c4ccccc4F)CCCC3)c2)CC1. The Balaban J connectivity index is 1.43. The highest BCUT2D eigenvalue weighted by molar-refractivity contribution is 5.29. The van der Waals surface area contributed by atoms with Crippen LogP contribution in [0, 0.1) is 5.82 Å². The number of hydrogen-bond acceptors (Lipinski definition) is 3. The lowest BCUT2D eigenvalue weighted by Crippen LogP contribution is -2.43. The van der Waals surface area contributed by atoms with Gasteiger partial charge in [-0.3, -0.25) is 4.90 Å². The first-order valence-electron chi connectivity index (χ1n) is 10.6. The highest BCUT2D eigenvalue weighted by atomic mass is 19.1. The van der Waals surface area contributed by atoms with Crippen LogP contribution >= 0.6 is 0 Å². The van der Waals surface area contributed by atoms with Crippen LogP contribution in [-0.2, 0) is 18.6 Å². The van der Waals surface area contributed by atoms with Crippen molar-refractivity contribution < 1.29 is 4.39 Å². The topological polar surface area (TPSA) is 18.5 Å². The van der Waals surface area contributed by atoms with Crippen LogP contribution in [0.3, 0.4) is 0 Å². The highest BCUT2D eigenvalue weighted by Crippen LogP contribution is 2.40. The molecular formula is C24H32FN3. The van der Waals surface area contributed by atoms with Crippen molar-refractivity contribution in [3.63, 3.8) is 0 Å². The summed E-state index contributed by atoms with van der Waals surface area (Å²) in [5.74, 6) is -0.0827. The fourth-order valence-corrected chi connectivity index (χ4v) is 4.74. The van der Waals surface area contributed by atoms with Gasteiger partial charge in [0.05, 0.1) is 0 Å². The molecule has 0 radical (unpaired) electrons. The van der Waals surface area contributed by atoms with Crippen LogP contribution in [-0.4, -0.2) is 43.0 Å². The minimum atomic E-state index is -0.223. The molecule has 2 fully saturated rings. The second-order valence-corrected chi connectivity index (χ2v) is 8.52. The molecule has 150 valence electrons. The molecule has 1 N–H and O–H groups in total. The smallest absolute Gasteiger partial charge is 0.128 e. The van der Waals surface area contributed by atoms with E-state index < -0.39 is 0 Å². The molecule has 1 aliphatic carbocycles. The van der Waals surface area contributed by atoms with Crippen LogP contribution in [0.5, 0.6) is 0 Å². The summed E-state index contributed by atoms with van der Waals surface area (Å²) < 4.78 is 14.5. The van der Waals surface area contributed by atoms with Gasteiger partial charge in [0.25, 0.3) is 0 Å². The van der Waals surface area contributed by atoms with Crippen molar-refractivity contribution in [2.24, 2.45) is 0 Å². The van der Waals surface area contributed by atoms with Gasteiger partial charge in [0, 0.05) is 50.4 Å². The molecule has 0 spiro atoms. The number of piperazine rings is 1. The van der Waals surface area contributed by atoms with Gasteiger partial charge in [0.1, 0.15) is 5.82 Å². The molecule has 1 aliphatic heterocycles. The molecule has 3 nitrogen and oxygen atoms in total. The van der Waals surface area contributed by atoms with Crippen molar-refractivity contribution in [1.29, 1.82) is 0 Å². The Hall–Kier alpha value is -1.75. The molecule has 4 heteroatoms. The summed E-state index contributed by atoms with van der Waals surface area (Å²) in [5.41, 5.74) is 3.27. The first-order valence-corrected chi connectivity index (χ1v) is 10.6. The third-order valence-corrected chi connectivity index (χ3v) is 6.47. The largest absolute Gasteiger partial charge is 0.304 e. The van der Waals surface area contributed by atoms with E-state index in [2.05, 4.69) is 46.4 Å². The number of hydrogen-bond donors (Lipinski definition) is 1. The average molecular weight is 382 g/mol. The van der Waals surface area contributed by atoms with E-state index in [1.165, 1.54) is 11.1 Å². The summed E-state index contributed by atoms with van der Waals surface area (Å²) in [7, 11) is 2.19. The molecule has 2 aromatic rings. The van der Waals surface area contributed by atoms with Crippen molar-refractivity contribution in [1.82, 2.24) is 15.1 Å². The number of benzene rings is 2. The second kappa shape index (κ2) is 8.73. The fraction of sp³-hybridized carbons (Fsp3) is 0.500. The summed E-state index contributed by atoms with van der Waals surface area (Å²) in [6.07, 6.45) is 4.33. The van der Waals surface area contributed by atoms with Crippen molar-refractivity contribution >= 4 is 0 Å². The maximum absolute atomic E-state index is 14.5. The van der Waals surface area contributed by atoms with Gasteiger partial charge in [0.2, 0.25) is 0 Å². The van der Waals surface area contributed by atoms with E-state index >= 15 is 0 Å². The summed E-state index contributed by atoms with van der Waals surface area (Å²) in [5, 5.41) is 3.74. The molecule has 4 rings (SSSR count). The van der Waals surface area contributed by atoms with E-state index in [1.54, 1.807) is 12.1 Å². The van der Waals surface area contributed by atoms with Gasteiger partial charge in [0.15, 0.2) is 0 Å². The lowest BCUT2D eigenvalue weighted by Gasteiger charge is -2.33. The Bertz CT molecular complexity index is 777. The number of likely N-dealkylation sites (N-methyl/N-ethyl adjacent to an activating group) is 1. The zero-order valence-electron chi connectivity index (χ0n) is 17.0. The number of rotatable bonds is 6. The van der Waals surface area contributed by atoms with Crippen molar-refractivity contribution in [2.75, 3.05) is 33.2 Å². The molecule has 1 saturated carbocycles. The zero-order valence-corrected chi connectivity index (χ0v) is 17.0. The van der Waals surface area contributed by atoms with Gasteiger partial charge in [-0.2, -0.15) is 0 Å². The average Bonchev–Trinajstić information content (AvgIpc) is 3.19. The third-order valence-electron chi connectivity index (χ3n) is 6.47. The van der Waals surface area contributed by atoms with Crippen molar-refractivity contribution in [3.8, 4) is 0 Å². The van der Waals surface area contributed by atoms with Crippen LogP contribution in [0.25, 0.3) is 0 Å². The van der Waals surface area contributed by atoms with Crippen LogP contribution in [0.1, 0.15) is 42.4 Å². The normalized spacial score (nSPS) is 20.5. The minimum Gasteiger partial charge on any atom is -0.304 e. The first-order chi connectivity index (χ1) is 13.6. The molecule has 0 bridgehead atoms. The number of nitrogens with zero attached hydrogens (tertiary/aromatic N) is 2. The summed E-state index contributed by atoms with van der Waals surface area (Å²) in [6.45, 7) is 6.36. The molecule has 2 aliphatic rings. The summed E-state index contributed by atoms with van der Waals surface area (Å²) in [4.78, 5) is 4.92. The Labute approximate surface area is 168 Å². The molecule has 2 aromatic carbocycles. The highest BCUT2D eigenvalue weighted by Gasteiger charge is 2.36. The first kappa shape index (κ1) is 19.6. The van der Waals surface area contributed by atoms with E-state index in [4.69, 9.17) is 0 Å². The lowest BCUT2D eigenvalue weighted by atomic mass is 9.87. The Kier molecular flexibility index (Phi) is 6.10. The predicted octanol–water partition coefficient (Wildman–Crippen LogP) is 4.13. The summed E-state index contributed by atoms with van der Waals surface area (Å²) in [6, 6.07) is 16.2. The van der Waals surface area contributed by atoms with E-state index in [9.17, 15) is 4.39 Å². The van der Waals surface area contributed by atoms with Crippen LogP contribution < -0.4 is 5.32 Å². The second-order valence-electron chi connectivity index (χ2n) is 8.52. The van der Waals surface area contributed by atoms with E-state index in [0.717, 1.165) is 70.5 Å². The molecule has 1 heterocycles. The van der Waals surface area contributed by atoms with Crippen molar-refractivity contribution in [3.05, 3.63) is 71.0 Å². The van der Waals surface area contributed by atoms with Crippen LogP contribution in [0.15, 0.2) is 48.5 Å². The molecule has 28 heavy (non-hydrogen) atoms. The molecule has 1 saturated heterocycles. The van der Waals surface area contributed by atoms with Gasteiger partial charge in [-0.05, 0) is 37.1 Å². The molecule has 0 aromatic heterocycles. The molecule has 0 atom stereocenters. The fourth-order valence-electron chi connectivity index (χ4n) is 4.74. The van der Waals surface area contributed by atoms with Crippen LogP contribution in [0.4, 0.5) is 4.39 Å². The molecule has 0 amide bonds. The Morgan fingerprint density at radius 2 is 1.64 bits per heavy atom. The standard InChI is InChI=1S/C24H32FN3/c1-27-13-15-28(16-14-27)19-21-8-6-7-20(17-21)18-26-24(11-4-5-12-24)22-9-2-3-10-23(22)25/h2-3,6-10,17,26H,4-5,11-16,18-19H2,1H3. The van der Waals surface area contributed by atoms with Gasteiger partial charge in [-0.25, -0.2) is 4.39 Å². The third kappa shape index (κ3) is 4.45. The van der Waals surface area contributed by atoms with E-state index in [0.29, 0.717) is 0 Å². The van der Waals surface area contributed by atoms with E-state index in [-0.39, 0.29) is 11.4 Å². The van der Waals surface area contributed by atoms with Gasteiger partial charge in [-0.15, -0.1) is 0 Å². The number of nitrogens with one attached hydrogen (secondary N) is 1. The quantitative estimate of drug-likeness (QED) is 0.812. The maximum atomic E-state index is 14.5. The Morgan fingerprint density at radius 1 is 0.929 bits per heavy atom. The Morgan fingerprint density at radius 3 is 2.39 bits per heavy atom. The molecular weight excluding hydrogens is 349 g/mol. The molecule has 0 unspecified atom stereocenters. The predicted molar refractivity (Wildman–Crippen MR) is 113 cm³/mol. The number of halogens is 1. The zero-order chi connectivity index (χ0) is 19.4. The lowest BCUT2D eigenvalue weighted by molar-refractivity contribution is 0.148. The van der Waals surface area contributed by atoms with Gasteiger partial charge < -0.3 is 10.2 Å². The van der Waals surface area contributed by atoms with Gasteiger partial charge in [-0.1, -0.05) is 55.3 Å². The minimum absolute atomic E-state index is 0.0827.